The number of carboxylic acid groups (broad SMARTS) is 1. The van der Waals surface area contributed by atoms with Gasteiger partial charge in [0.2, 0.25) is 5.76 Å². The summed E-state index contributed by atoms with van der Waals surface area (Å²) in [6.45, 7) is 1.74. The zero-order valence-corrected chi connectivity index (χ0v) is 8.40. The van der Waals surface area contributed by atoms with E-state index >= 15 is 0 Å². The van der Waals surface area contributed by atoms with Crippen LogP contribution in [0.4, 0.5) is 4.39 Å². The van der Waals surface area contributed by atoms with Crippen molar-refractivity contribution in [1.29, 1.82) is 0 Å². The Bertz CT molecular complexity index is 528. The first kappa shape index (κ1) is 10.4. The average Bonchev–Trinajstić information content (AvgIpc) is 2.64. The standard InChI is InChI=1S/C11H8FNO3/c1-6-2-7(4-8(12)3-6)9-5-10(11(14)15)16-13-9/h2-5H,1H3,(H,14,15). The van der Waals surface area contributed by atoms with Gasteiger partial charge in [-0.3, -0.25) is 0 Å². The number of nitrogens with zero attached hydrogens (tertiary/aromatic N) is 1. The van der Waals surface area contributed by atoms with Gasteiger partial charge in [0, 0.05) is 11.6 Å². The van der Waals surface area contributed by atoms with Crippen molar-refractivity contribution < 1.29 is 18.8 Å². The van der Waals surface area contributed by atoms with Gasteiger partial charge >= 0.3 is 5.97 Å². The molecule has 1 heterocycles. The molecule has 0 amide bonds. The Kier molecular flexibility index (Phi) is 2.44. The molecule has 0 radical (unpaired) electrons. The Labute approximate surface area is 90.3 Å². The molecule has 1 N–H and O–H groups in total. The molecule has 0 spiro atoms. The van der Waals surface area contributed by atoms with Crippen molar-refractivity contribution in [3.63, 3.8) is 0 Å². The molecule has 0 bridgehead atoms. The van der Waals surface area contributed by atoms with E-state index in [2.05, 4.69) is 9.68 Å². The Morgan fingerprint density at radius 1 is 1.38 bits per heavy atom. The molecule has 5 heteroatoms. The van der Waals surface area contributed by atoms with Gasteiger partial charge in [-0.25, -0.2) is 9.18 Å². The highest BCUT2D eigenvalue weighted by molar-refractivity contribution is 5.85. The van der Waals surface area contributed by atoms with Crippen LogP contribution < -0.4 is 0 Å². The van der Waals surface area contributed by atoms with E-state index in [1.165, 1.54) is 18.2 Å². The monoisotopic (exact) mass is 221 g/mol. The molecule has 82 valence electrons. The van der Waals surface area contributed by atoms with E-state index in [9.17, 15) is 9.18 Å². The average molecular weight is 221 g/mol. The summed E-state index contributed by atoms with van der Waals surface area (Å²) in [5.41, 5.74) is 1.53. The summed E-state index contributed by atoms with van der Waals surface area (Å²) in [6, 6.07) is 5.61. The van der Waals surface area contributed by atoms with E-state index in [0.29, 0.717) is 11.3 Å². The number of carboxylic acids is 1. The number of halogens is 1. The molecule has 0 unspecified atom stereocenters. The van der Waals surface area contributed by atoms with Crippen molar-refractivity contribution in [1.82, 2.24) is 5.16 Å². The highest BCUT2D eigenvalue weighted by atomic mass is 19.1. The molecule has 2 aromatic rings. The Morgan fingerprint density at radius 2 is 2.12 bits per heavy atom. The number of benzene rings is 1. The summed E-state index contributed by atoms with van der Waals surface area (Å²) in [6.07, 6.45) is 0. The summed E-state index contributed by atoms with van der Waals surface area (Å²) in [5.74, 6) is -1.86. The number of aromatic nitrogens is 1. The molecule has 2 rings (SSSR count). The fraction of sp³-hybridized carbons (Fsp3) is 0.0909. The quantitative estimate of drug-likeness (QED) is 0.846. The zero-order valence-electron chi connectivity index (χ0n) is 8.40. The van der Waals surface area contributed by atoms with Crippen molar-refractivity contribution in [3.8, 4) is 11.3 Å². The molecule has 0 saturated carbocycles. The minimum atomic E-state index is -1.20. The minimum Gasteiger partial charge on any atom is -0.475 e. The van der Waals surface area contributed by atoms with Crippen LogP contribution in [0.1, 0.15) is 16.1 Å². The maximum Gasteiger partial charge on any atom is 0.374 e. The van der Waals surface area contributed by atoms with Gasteiger partial charge in [-0.1, -0.05) is 5.16 Å². The molecule has 16 heavy (non-hydrogen) atoms. The second kappa shape index (κ2) is 3.77. The highest BCUT2D eigenvalue weighted by Gasteiger charge is 2.12. The molecule has 0 aliphatic carbocycles. The number of carbonyl (C=O) groups is 1. The second-order valence-corrected chi connectivity index (χ2v) is 3.40. The van der Waals surface area contributed by atoms with Gasteiger partial charge in [-0.15, -0.1) is 0 Å². The van der Waals surface area contributed by atoms with Gasteiger partial charge in [0.1, 0.15) is 11.5 Å². The molecular formula is C11H8FNO3. The summed E-state index contributed by atoms with van der Waals surface area (Å²) in [7, 11) is 0. The first-order valence-corrected chi connectivity index (χ1v) is 4.54. The molecule has 0 saturated heterocycles. The molecule has 0 aliphatic rings. The largest absolute Gasteiger partial charge is 0.475 e. The van der Waals surface area contributed by atoms with Crippen molar-refractivity contribution in [2.45, 2.75) is 6.92 Å². The van der Waals surface area contributed by atoms with Crippen molar-refractivity contribution >= 4 is 5.97 Å². The molecule has 0 aliphatic heterocycles. The first-order valence-electron chi connectivity index (χ1n) is 4.54. The number of aryl methyl sites for hydroxylation is 1. The van der Waals surface area contributed by atoms with Crippen LogP contribution in [0.25, 0.3) is 11.3 Å². The van der Waals surface area contributed by atoms with E-state index in [1.54, 1.807) is 13.0 Å². The molecule has 0 fully saturated rings. The van der Waals surface area contributed by atoms with Gasteiger partial charge in [0.05, 0.1) is 0 Å². The fourth-order valence-electron chi connectivity index (χ4n) is 1.40. The number of hydrogen-bond acceptors (Lipinski definition) is 3. The van der Waals surface area contributed by atoms with Crippen molar-refractivity contribution in [2.75, 3.05) is 0 Å². The lowest BCUT2D eigenvalue weighted by atomic mass is 10.1. The third-order valence-electron chi connectivity index (χ3n) is 2.06. The van der Waals surface area contributed by atoms with E-state index in [-0.39, 0.29) is 5.76 Å². The SMILES string of the molecule is Cc1cc(F)cc(-c2cc(C(=O)O)on2)c1. The molecule has 0 atom stereocenters. The smallest absolute Gasteiger partial charge is 0.374 e. The van der Waals surface area contributed by atoms with E-state index in [0.717, 1.165) is 5.56 Å². The minimum absolute atomic E-state index is 0.267. The Balaban J connectivity index is 2.46. The first-order chi connectivity index (χ1) is 7.56. The van der Waals surface area contributed by atoms with E-state index < -0.39 is 11.8 Å². The summed E-state index contributed by atoms with van der Waals surface area (Å²) in [4.78, 5) is 10.6. The van der Waals surface area contributed by atoms with Crippen LogP contribution >= 0.6 is 0 Å². The van der Waals surface area contributed by atoms with Gasteiger partial charge < -0.3 is 9.63 Å². The van der Waals surface area contributed by atoms with Crippen molar-refractivity contribution in [2.24, 2.45) is 0 Å². The Morgan fingerprint density at radius 3 is 2.69 bits per heavy atom. The second-order valence-electron chi connectivity index (χ2n) is 3.40. The van der Waals surface area contributed by atoms with Gasteiger partial charge in [-0.2, -0.15) is 0 Å². The zero-order chi connectivity index (χ0) is 11.7. The lowest BCUT2D eigenvalue weighted by molar-refractivity contribution is 0.0652. The van der Waals surface area contributed by atoms with Crippen LogP contribution in [-0.4, -0.2) is 16.2 Å². The summed E-state index contributed by atoms with van der Waals surface area (Å²) in [5, 5.41) is 12.2. The lowest BCUT2D eigenvalue weighted by Crippen LogP contribution is -1.91. The van der Waals surface area contributed by atoms with E-state index in [1.807, 2.05) is 0 Å². The predicted octanol–water partition coefficient (Wildman–Crippen LogP) is 2.49. The van der Waals surface area contributed by atoms with Gasteiger partial charge in [0.25, 0.3) is 0 Å². The van der Waals surface area contributed by atoms with Crippen LogP contribution in [0, 0.1) is 12.7 Å². The normalized spacial score (nSPS) is 10.4. The van der Waals surface area contributed by atoms with Gasteiger partial charge in [0.15, 0.2) is 0 Å². The third-order valence-corrected chi connectivity index (χ3v) is 2.06. The molecule has 4 nitrogen and oxygen atoms in total. The lowest BCUT2D eigenvalue weighted by Gasteiger charge is -1.98. The third kappa shape index (κ3) is 1.93. The molecule has 1 aromatic heterocycles. The van der Waals surface area contributed by atoms with Crippen LogP contribution in [0.2, 0.25) is 0 Å². The molecular weight excluding hydrogens is 213 g/mol. The maximum atomic E-state index is 13.1. The fourth-order valence-corrected chi connectivity index (χ4v) is 1.40. The number of aromatic carboxylic acids is 1. The number of hydrogen-bond donors (Lipinski definition) is 1. The predicted molar refractivity (Wildman–Crippen MR) is 53.6 cm³/mol. The van der Waals surface area contributed by atoms with E-state index in [4.69, 9.17) is 5.11 Å². The van der Waals surface area contributed by atoms with Crippen LogP contribution in [0.15, 0.2) is 28.8 Å². The summed E-state index contributed by atoms with van der Waals surface area (Å²) >= 11 is 0. The highest BCUT2D eigenvalue weighted by Crippen LogP contribution is 2.21. The summed E-state index contributed by atoms with van der Waals surface area (Å²) < 4.78 is 17.7. The van der Waals surface area contributed by atoms with Gasteiger partial charge in [-0.05, 0) is 30.7 Å². The Hall–Kier alpha value is -2.17. The van der Waals surface area contributed by atoms with Crippen LogP contribution in [-0.2, 0) is 0 Å². The van der Waals surface area contributed by atoms with Crippen LogP contribution in [0.5, 0.6) is 0 Å². The topological polar surface area (TPSA) is 63.3 Å². The number of rotatable bonds is 2. The molecule has 1 aromatic carbocycles. The van der Waals surface area contributed by atoms with Crippen molar-refractivity contribution in [3.05, 3.63) is 41.4 Å². The maximum absolute atomic E-state index is 13.1. The van der Waals surface area contributed by atoms with Crippen LogP contribution in [0.3, 0.4) is 0 Å².